The van der Waals surface area contributed by atoms with Crippen molar-refractivity contribution >= 4 is 5.82 Å². The third-order valence-corrected chi connectivity index (χ3v) is 2.74. The second-order valence-corrected chi connectivity index (χ2v) is 4.66. The van der Waals surface area contributed by atoms with Crippen molar-refractivity contribution in [3.8, 4) is 17.4 Å². The topological polar surface area (TPSA) is 83.2 Å². The average Bonchev–Trinajstić information content (AvgIpc) is 2.42. The van der Waals surface area contributed by atoms with Crippen LogP contribution in [0.5, 0.6) is 17.4 Å². The molecule has 0 radical (unpaired) electrons. The van der Waals surface area contributed by atoms with E-state index in [1.807, 2.05) is 13.8 Å². The molecule has 0 aromatic carbocycles. The second-order valence-electron chi connectivity index (χ2n) is 4.66. The van der Waals surface area contributed by atoms with Crippen LogP contribution in [0.4, 0.5) is 5.82 Å². The lowest BCUT2D eigenvalue weighted by Crippen LogP contribution is -2.03. The smallest absolute Gasteiger partial charge is 0.213 e. The Hall–Kier alpha value is -2.37. The summed E-state index contributed by atoms with van der Waals surface area (Å²) >= 11 is 0. The number of nitrogens with two attached hydrogens (primary N) is 1. The van der Waals surface area contributed by atoms with Crippen LogP contribution in [0.2, 0.25) is 0 Å². The first-order valence-electron chi connectivity index (χ1n) is 6.33. The molecule has 2 aromatic rings. The summed E-state index contributed by atoms with van der Waals surface area (Å²) in [5.41, 5.74) is 6.63. The Labute approximate surface area is 118 Å². The molecule has 0 atom stereocenters. The van der Waals surface area contributed by atoms with E-state index in [0.717, 1.165) is 5.69 Å². The van der Waals surface area contributed by atoms with Crippen LogP contribution >= 0.6 is 0 Å². The van der Waals surface area contributed by atoms with Crippen molar-refractivity contribution in [3.63, 3.8) is 0 Å². The van der Waals surface area contributed by atoms with Crippen molar-refractivity contribution in [3.05, 3.63) is 29.8 Å². The monoisotopic (exact) mass is 274 g/mol. The van der Waals surface area contributed by atoms with E-state index in [0.29, 0.717) is 29.0 Å². The number of ether oxygens (including phenoxy) is 2. The first-order chi connectivity index (χ1) is 9.51. The third kappa shape index (κ3) is 2.96. The molecule has 0 bridgehead atoms. The normalized spacial score (nSPS) is 10.7. The number of hydrogen-bond acceptors (Lipinski definition) is 6. The number of hydrogen-bond donors (Lipinski definition) is 1. The summed E-state index contributed by atoms with van der Waals surface area (Å²) in [6.45, 7) is 5.84. The lowest BCUT2D eigenvalue weighted by molar-refractivity contribution is 0.390. The van der Waals surface area contributed by atoms with Gasteiger partial charge in [-0.25, -0.2) is 15.0 Å². The van der Waals surface area contributed by atoms with E-state index >= 15 is 0 Å². The summed E-state index contributed by atoms with van der Waals surface area (Å²) in [5.74, 6) is 2.70. The highest BCUT2D eigenvalue weighted by Gasteiger charge is 2.14. The van der Waals surface area contributed by atoms with E-state index in [2.05, 4.69) is 15.0 Å². The molecule has 6 heteroatoms. The van der Waals surface area contributed by atoms with E-state index in [4.69, 9.17) is 15.2 Å². The van der Waals surface area contributed by atoms with Crippen LogP contribution in [0.1, 0.15) is 31.3 Å². The highest BCUT2D eigenvalue weighted by Crippen LogP contribution is 2.32. The number of methoxy groups -OCH3 is 1. The molecule has 2 aromatic heterocycles. The van der Waals surface area contributed by atoms with Gasteiger partial charge in [0.1, 0.15) is 11.6 Å². The van der Waals surface area contributed by atoms with Gasteiger partial charge in [-0.05, 0) is 18.9 Å². The van der Waals surface area contributed by atoms with Gasteiger partial charge in [-0.15, -0.1) is 0 Å². The largest absolute Gasteiger partial charge is 0.481 e. The number of aryl methyl sites for hydroxylation is 1. The van der Waals surface area contributed by atoms with Crippen LogP contribution in [0.15, 0.2) is 18.3 Å². The van der Waals surface area contributed by atoms with Gasteiger partial charge in [-0.1, -0.05) is 13.8 Å². The zero-order chi connectivity index (χ0) is 14.7. The van der Waals surface area contributed by atoms with E-state index in [9.17, 15) is 0 Å². The minimum absolute atomic E-state index is 0.188. The molecule has 6 nitrogen and oxygen atoms in total. The number of rotatable bonds is 4. The van der Waals surface area contributed by atoms with Crippen LogP contribution in [0, 0.1) is 6.92 Å². The molecular weight excluding hydrogens is 256 g/mol. The highest BCUT2D eigenvalue weighted by atomic mass is 16.5. The standard InChI is InChI=1S/C14H18N4O2/c1-8(2)13-10(5-6-12(18-13)19-4)20-11-7-16-9(3)17-14(11)15/h5-8H,1-4H3,(H2,15,16,17). The predicted molar refractivity (Wildman–Crippen MR) is 76.1 cm³/mol. The van der Waals surface area contributed by atoms with Gasteiger partial charge in [0.15, 0.2) is 11.6 Å². The predicted octanol–water partition coefficient (Wildman–Crippen LogP) is 2.69. The quantitative estimate of drug-likeness (QED) is 0.922. The summed E-state index contributed by atoms with van der Waals surface area (Å²) in [6.07, 6.45) is 1.56. The Kier molecular flexibility index (Phi) is 4.02. The number of nitrogens with zero attached hydrogens (tertiary/aromatic N) is 3. The average molecular weight is 274 g/mol. The minimum atomic E-state index is 0.188. The fourth-order valence-electron chi connectivity index (χ4n) is 1.73. The van der Waals surface area contributed by atoms with Crippen molar-refractivity contribution in [1.29, 1.82) is 0 Å². The van der Waals surface area contributed by atoms with Gasteiger partial charge in [0.25, 0.3) is 0 Å². The lowest BCUT2D eigenvalue weighted by atomic mass is 10.1. The molecule has 0 spiro atoms. The molecule has 0 aliphatic heterocycles. The van der Waals surface area contributed by atoms with Crippen LogP contribution < -0.4 is 15.2 Å². The van der Waals surface area contributed by atoms with Crippen LogP contribution in [-0.4, -0.2) is 22.1 Å². The van der Waals surface area contributed by atoms with Gasteiger partial charge in [-0.3, -0.25) is 0 Å². The summed E-state index contributed by atoms with van der Waals surface area (Å²) in [6, 6.07) is 3.55. The molecular formula is C14H18N4O2. The lowest BCUT2D eigenvalue weighted by Gasteiger charge is -2.14. The maximum Gasteiger partial charge on any atom is 0.213 e. The molecule has 2 rings (SSSR count). The summed E-state index contributed by atoms with van der Waals surface area (Å²) < 4.78 is 10.9. The van der Waals surface area contributed by atoms with Gasteiger partial charge in [-0.2, -0.15) is 0 Å². The van der Waals surface area contributed by atoms with Crippen LogP contribution in [0.3, 0.4) is 0 Å². The first kappa shape index (κ1) is 14.0. The van der Waals surface area contributed by atoms with Gasteiger partial charge < -0.3 is 15.2 Å². The highest BCUT2D eigenvalue weighted by molar-refractivity contribution is 5.47. The SMILES string of the molecule is COc1ccc(Oc2cnc(C)nc2N)c(C(C)C)n1. The molecule has 0 aliphatic carbocycles. The van der Waals surface area contributed by atoms with Gasteiger partial charge in [0, 0.05) is 6.07 Å². The fraction of sp³-hybridized carbons (Fsp3) is 0.357. The molecule has 106 valence electrons. The van der Waals surface area contributed by atoms with Gasteiger partial charge in [0.05, 0.1) is 19.0 Å². The zero-order valence-electron chi connectivity index (χ0n) is 12.0. The minimum Gasteiger partial charge on any atom is -0.481 e. The van der Waals surface area contributed by atoms with Gasteiger partial charge in [0.2, 0.25) is 5.88 Å². The molecule has 0 aliphatic rings. The molecule has 20 heavy (non-hydrogen) atoms. The summed E-state index contributed by atoms with van der Waals surface area (Å²) in [7, 11) is 1.58. The van der Waals surface area contributed by atoms with E-state index in [-0.39, 0.29) is 5.92 Å². The Bertz CT molecular complexity index is 614. The van der Waals surface area contributed by atoms with Crippen molar-refractivity contribution in [1.82, 2.24) is 15.0 Å². The van der Waals surface area contributed by atoms with Crippen LogP contribution in [-0.2, 0) is 0 Å². The Morgan fingerprint density at radius 3 is 2.50 bits per heavy atom. The van der Waals surface area contributed by atoms with Gasteiger partial charge >= 0.3 is 0 Å². The summed E-state index contributed by atoms with van der Waals surface area (Å²) in [5, 5.41) is 0. The Morgan fingerprint density at radius 2 is 1.90 bits per heavy atom. The summed E-state index contributed by atoms with van der Waals surface area (Å²) in [4.78, 5) is 12.6. The Morgan fingerprint density at radius 1 is 1.15 bits per heavy atom. The number of pyridine rings is 1. The molecule has 0 saturated heterocycles. The van der Waals surface area contributed by atoms with Crippen molar-refractivity contribution in [2.24, 2.45) is 0 Å². The second kappa shape index (κ2) is 5.73. The number of anilines is 1. The van der Waals surface area contributed by atoms with E-state index in [1.165, 1.54) is 0 Å². The number of aromatic nitrogens is 3. The van der Waals surface area contributed by atoms with E-state index < -0.39 is 0 Å². The van der Waals surface area contributed by atoms with Crippen molar-refractivity contribution in [2.75, 3.05) is 12.8 Å². The molecule has 2 N–H and O–H groups in total. The number of nitrogen functional groups attached to an aromatic ring is 1. The molecule has 0 fully saturated rings. The zero-order valence-corrected chi connectivity index (χ0v) is 12.0. The molecule has 2 heterocycles. The third-order valence-electron chi connectivity index (χ3n) is 2.74. The van der Waals surface area contributed by atoms with Crippen molar-refractivity contribution in [2.45, 2.75) is 26.7 Å². The molecule has 0 amide bonds. The van der Waals surface area contributed by atoms with Crippen LogP contribution in [0.25, 0.3) is 0 Å². The maximum absolute atomic E-state index is 5.83. The molecule has 0 unspecified atom stereocenters. The first-order valence-corrected chi connectivity index (χ1v) is 6.33. The van der Waals surface area contributed by atoms with E-state index in [1.54, 1.807) is 32.4 Å². The van der Waals surface area contributed by atoms with Crippen molar-refractivity contribution < 1.29 is 9.47 Å². The molecule has 0 saturated carbocycles. The Balaban J connectivity index is 2.37. The maximum atomic E-state index is 5.83. The fourth-order valence-corrected chi connectivity index (χ4v) is 1.73.